The third-order valence-corrected chi connectivity index (χ3v) is 3.96. The first kappa shape index (κ1) is 15.8. The van der Waals surface area contributed by atoms with Crippen LogP contribution in [0.2, 0.25) is 0 Å². The van der Waals surface area contributed by atoms with Gasteiger partial charge in [-0.15, -0.1) is 0 Å². The lowest BCUT2D eigenvalue weighted by Crippen LogP contribution is -2.17. The summed E-state index contributed by atoms with van der Waals surface area (Å²) in [4.78, 5) is 0. The van der Waals surface area contributed by atoms with E-state index >= 15 is 0 Å². The molecule has 0 saturated carbocycles. The highest BCUT2D eigenvalue weighted by atomic mass is 14.8. The van der Waals surface area contributed by atoms with Gasteiger partial charge in [0.15, 0.2) is 0 Å². The summed E-state index contributed by atoms with van der Waals surface area (Å²) < 4.78 is 0. The van der Waals surface area contributed by atoms with Crippen molar-refractivity contribution in [1.82, 2.24) is 5.32 Å². The van der Waals surface area contributed by atoms with Crippen molar-refractivity contribution in [3.05, 3.63) is 71.8 Å². The molecule has 21 heavy (non-hydrogen) atoms. The Morgan fingerprint density at radius 2 is 1.29 bits per heavy atom. The molecular formula is C20H27N. The van der Waals surface area contributed by atoms with Gasteiger partial charge in [-0.2, -0.15) is 0 Å². The highest BCUT2D eigenvalue weighted by Crippen LogP contribution is 2.28. The molecule has 0 unspecified atom stereocenters. The molecule has 0 atom stereocenters. The minimum atomic E-state index is 0.514. The number of rotatable bonds is 9. The third-order valence-electron chi connectivity index (χ3n) is 3.96. The van der Waals surface area contributed by atoms with Crippen LogP contribution in [0.3, 0.4) is 0 Å². The molecule has 1 heteroatoms. The van der Waals surface area contributed by atoms with Crippen LogP contribution < -0.4 is 5.32 Å². The Morgan fingerprint density at radius 3 is 1.81 bits per heavy atom. The number of unbranched alkanes of at least 4 members (excludes halogenated alkanes) is 1. The monoisotopic (exact) mass is 281 g/mol. The van der Waals surface area contributed by atoms with Crippen molar-refractivity contribution in [1.29, 1.82) is 0 Å². The van der Waals surface area contributed by atoms with Crippen LogP contribution in [0.5, 0.6) is 0 Å². The standard InChI is InChI=1S/C20H27N/c1-2-3-16-21-17-10-15-20(18-11-6-4-7-12-18)19-13-8-5-9-14-19/h4-9,11-14,20-21H,2-3,10,15-17H2,1H3. The van der Waals surface area contributed by atoms with Crippen molar-refractivity contribution in [3.63, 3.8) is 0 Å². The van der Waals surface area contributed by atoms with E-state index in [9.17, 15) is 0 Å². The van der Waals surface area contributed by atoms with Gasteiger partial charge in [0.05, 0.1) is 0 Å². The van der Waals surface area contributed by atoms with Gasteiger partial charge < -0.3 is 5.32 Å². The molecule has 0 heterocycles. The van der Waals surface area contributed by atoms with Gasteiger partial charge in [-0.05, 0) is 43.5 Å². The van der Waals surface area contributed by atoms with Crippen LogP contribution in [0.15, 0.2) is 60.7 Å². The predicted octanol–water partition coefficient (Wildman–Crippen LogP) is 4.99. The Balaban J connectivity index is 1.94. The van der Waals surface area contributed by atoms with E-state index < -0.39 is 0 Å². The minimum Gasteiger partial charge on any atom is -0.317 e. The molecule has 0 aliphatic rings. The lowest BCUT2D eigenvalue weighted by atomic mass is 9.87. The largest absolute Gasteiger partial charge is 0.317 e. The molecule has 2 rings (SSSR count). The Bertz CT molecular complexity index is 438. The van der Waals surface area contributed by atoms with E-state index in [0.29, 0.717) is 5.92 Å². The molecule has 112 valence electrons. The van der Waals surface area contributed by atoms with Gasteiger partial charge >= 0.3 is 0 Å². The molecule has 0 saturated heterocycles. The topological polar surface area (TPSA) is 12.0 Å². The molecule has 1 nitrogen and oxygen atoms in total. The lowest BCUT2D eigenvalue weighted by Gasteiger charge is -2.18. The van der Waals surface area contributed by atoms with E-state index in [2.05, 4.69) is 72.9 Å². The number of benzene rings is 2. The summed E-state index contributed by atoms with van der Waals surface area (Å²) in [5, 5.41) is 3.54. The molecule has 0 amide bonds. The van der Waals surface area contributed by atoms with Crippen molar-refractivity contribution in [2.75, 3.05) is 13.1 Å². The molecule has 0 spiro atoms. The molecule has 2 aromatic carbocycles. The quantitative estimate of drug-likeness (QED) is 0.639. The summed E-state index contributed by atoms with van der Waals surface area (Å²) in [5.41, 5.74) is 2.86. The minimum absolute atomic E-state index is 0.514. The number of hydrogen-bond acceptors (Lipinski definition) is 1. The summed E-state index contributed by atoms with van der Waals surface area (Å²) >= 11 is 0. The van der Waals surface area contributed by atoms with Crippen LogP contribution in [-0.2, 0) is 0 Å². The fraction of sp³-hybridized carbons (Fsp3) is 0.400. The number of hydrogen-bond donors (Lipinski definition) is 1. The number of nitrogens with one attached hydrogen (secondary N) is 1. The van der Waals surface area contributed by atoms with Gasteiger partial charge in [0.25, 0.3) is 0 Å². The average Bonchev–Trinajstić information content (AvgIpc) is 2.56. The third kappa shape index (κ3) is 5.35. The summed E-state index contributed by atoms with van der Waals surface area (Å²) in [6.45, 7) is 4.51. The van der Waals surface area contributed by atoms with Crippen molar-refractivity contribution in [2.24, 2.45) is 0 Å². The Morgan fingerprint density at radius 1 is 0.762 bits per heavy atom. The second-order valence-corrected chi connectivity index (χ2v) is 5.62. The summed E-state index contributed by atoms with van der Waals surface area (Å²) in [5.74, 6) is 0.514. The maximum absolute atomic E-state index is 3.54. The van der Waals surface area contributed by atoms with Crippen LogP contribution in [0.4, 0.5) is 0 Å². The molecule has 2 aromatic rings. The zero-order chi connectivity index (χ0) is 14.8. The van der Waals surface area contributed by atoms with Gasteiger partial charge in [-0.1, -0.05) is 74.0 Å². The molecule has 0 aromatic heterocycles. The summed E-state index contributed by atoms with van der Waals surface area (Å²) in [7, 11) is 0. The van der Waals surface area contributed by atoms with Gasteiger partial charge in [0.1, 0.15) is 0 Å². The Hall–Kier alpha value is -1.60. The smallest absolute Gasteiger partial charge is 0.00898 e. The fourth-order valence-electron chi connectivity index (χ4n) is 2.75. The maximum atomic E-state index is 3.54. The maximum Gasteiger partial charge on any atom is 0.00898 e. The van der Waals surface area contributed by atoms with Gasteiger partial charge in [0, 0.05) is 5.92 Å². The van der Waals surface area contributed by atoms with Crippen LogP contribution in [0.25, 0.3) is 0 Å². The summed E-state index contributed by atoms with van der Waals surface area (Å²) in [6, 6.07) is 21.8. The molecule has 1 N–H and O–H groups in total. The molecule has 0 aliphatic heterocycles. The molecule has 0 fully saturated rings. The SMILES string of the molecule is CCCCNCCCC(c1ccccc1)c1ccccc1. The predicted molar refractivity (Wildman–Crippen MR) is 91.7 cm³/mol. The highest BCUT2D eigenvalue weighted by Gasteiger charge is 2.12. The fourth-order valence-corrected chi connectivity index (χ4v) is 2.75. The Labute approximate surface area is 129 Å². The first-order chi connectivity index (χ1) is 10.4. The molecular weight excluding hydrogens is 254 g/mol. The van der Waals surface area contributed by atoms with Crippen molar-refractivity contribution >= 4 is 0 Å². The van der Waals surface area contributed by atoms with Crippen molar-refractivity contribution in [3.8, 4) is 0 Å². The molecule has 0 bridgehead atoms. The zero-order valence-corrected chi connectivity index (χ0v) is 13.1. The zero-order valence-electron chi connectivity index (χ0n) is 13.1. The van der Waals surface area contributed by atoms with E-state index in [4.69, 9.17) is 0 Å². The van der Waals surface area contributed by atoms with Crippen LogP contribution in [0, 0.1) is 0 Å². The van der Waals surface area contributed by atoms with Crippen LogP contribution in [-0.4, -0.2) is 13.1 Å². The highest BCUT2D eigenvalue weighted by molar-refractivity contribution is 5.32. The van der Waals surface area contributed by atoms with Crippen molar-refractivity contribution in [2.45, 2.75) is 38.5 Å². The average molecular weight is 281 g/mol. The molecule has 0 aliphatic carbocycles. The second-order valence-electron chi connectivity index (χ2n) is 5.62. The van der Waals surface area contributed by atoms with Gasteiger partial charge in [-0.3, -0.25) is 0 Å². The van der Waals surface area contributed by atoms with Crippen LogP contribution in [0.1, 0.15) is 49.7 Å². The summed E-state index contributed by atoms with van der Waals surface area (Å²) in [6.07, 6.45) is 4.97. The normalized spacial score (nSPS) is 11.0. The van der Waals surface area contributed by atoms with E-state index in [0.717, 1.165) is 13.1 Å². The van der Waals surface area contributed by atoms with E-state index in [-0.39, 0.29) is 0 Å². The van der Waals surface area contributed by atoms with Gasteiger partial charge in [0.2, 0.25) is 0 Å². The Kier molecular flexibility index (Phi) is 7.03. The van der Waals surface area contributed by atoms with E-state index in [1.807, 2.05) is 0 Å². The van der Waals surface area contributed by atoms with Crippen LogP contribution >= 0.6 is 0 Å². The van der Waals surface area contributed by atoms with Crippen molar-refractivity contribution < 1.29 is 0 Å². The second kappa shape index (κ2) is 9.36. The van der Waals surface area contributed by atoms with E-state index in [1.165, 1.54) is 36.8 Å². The van der Waals surface area contributed by atoms with Gasteiger partial charge in [-0.25, -0.2) is 0 Å². The first-order valence-electron chi connectivity index (χ1n) is 8.22. The lowest BCUT2D eigenvalue weighted by molar-refractivity contribution is 0.578. The first-order valence-corrected chi connectivity index (χ1v) is 8.22. The van der Waals surface area contributed by atoms with E-state index in [1.54, 1.807) is 0 Å². The molecule has 0 radical (unpaired) electrons.